The summed E-state index contributed by atoms with van der Waals surface area (Å²) in [7, 11) is -6.64. The van der Waals surface area contributed by atoms with Gasteiger partial charge < -0.3 is 10.0 Å². The molecule has 0 radical (unpaired) electrons. The van der Waals surface area contributed by atoms with E-state index in [1.165, 1.54) is 29.1 Å². The molecule has 2 aliphatic heterocycles. The first-order chi connectivity index (χ1) is 16.4. The molecule has 3 heterocycles. The number of fused-ring (bicyclic) bond motifs is 1. The van der Waals surface area contributed by atoms with Crippen LogP contribution in [-0.4, -0.2) is 59.0 Å². The zero-order chi connectivity index (χ0) is 25.5. The maximum Gasteiger partial charge on any atom is 0.281 e. The molecule has 1 unspecified atom stereocenters. The Morgan fingerprint density at radius 1 is 1.23 bits per heavy atom. The lowest BCUT2D eigenvalue weighted by Gasteiger charge is -2.22. The molecule has 0 bridgehead atoms. The van der Waals surface area contributed by atoms with Crippen molar-refractivity contribution >= 4 is 42.8 Å². The van der Waals surface area contributed by atoms with Crippen LogP contribution in [-0.2, 0) is 26.3 Å². The maximum atomic E-state index is 13.6. The first-order valence-corrected chi connectivity index (χ1v) is 15.2. The molecule has 1 aromatic heterocycles. The minimum Gasteiger partial charge on any atom is -0.504 e. The van der Waals surface area contributed by atoms with Gasteiger partial charge in [0, 0.05) is 31.6 Å². The quantitative estimate of drug-likeness (QED) is 0.568. The Morgan fingerprint density at radius 2 is 1.91 bits per heavy atom. The van der Waals surface area contributed by atoms with Crippen LogP contribution < -0.4 is 15.2 Å². The van der Waals surface area contributed by atoms with E-state index in [-0.39, 0.29) is 33.4 Å². The number of aryl methyl sites for hydroxylation is 1. The number of sulfonamides is 1. The molecule has 0 aliphatic carbocycles. The fourth-order valence-corrected chi connectivity index (χ4v) is 6.03. The number of hydrogen-bond donors (Lipinski definition) is 2. The van der Waals surface area contributed by atoms with Gasteiger partial charge in [-0.3, -0.25) is 9.52 Å². The molecule has 0 amide bonds. The van der Waals surface area contributed by atoms with Crippen molar-refractivity contribution in [2.45, 2.75) is 44.6 Å². The SMILES string of the molecule is CC(C)CCn1nc(N2CCCC2)c(O)c(C2=Nc3ccc(NS(C)(=O)=O)cc3S(C)(=O)=N2)c1=O. The Hall–Kier alpha value is -2.93. The highest BCUT2D eigenvalue weighted by Crippen LogP contribution is 2.36. The number of benzene rings is 1. The summed E-state index contributed by atoms with van der Waals surface area (Å²) in [6.07, 6.45) is 5.02. The molecule has 2 aromatic rings. The van der Waals surface area contributed by atoms with Crippen LogP contribution in [0.15, 0.2) is 37.2 Å². The highest BCUT2D eigenvalue weighted by molar-refractivity contribution is 7.93. The average Bonchev–Trinajstić information content (AvgIpc) is 3.27. The van der Waals surface area contributed by atoms with E-state index in [0.29, 0.717) is 37.8 Å². The lowest BCUT2D eigenvalue weighted by atomic mass is 10.1. The molecular formula is C22H30N6O5S2. The summed E-state index contributed by atoms with van der Waals surface area (Å²) in [5.41, 5.74) is -0.172. The van der Waals surface area contributed by atoms with Crippen LogP contribution in [0.1, 0.15) is 38.7 Å². The molecule has 1 saturated heterocycles. The number of anilines is 2. The predicted molar refractivity (Wildman–Crippen MR) is 137 cm³/mol. The van der Waals surface area contributed by atoms with Gasteiger partial charge in [0.15, 0.2) is 17.4 Å². The van der Waals surface area contributed by atoms with E-state index in [2.05, 4.69) is 19.2 Å². The number of nitrogens with one attached hydrogen (secondary N) is 1. The number of aromatic nitrogens is 2. The van der Waals surface area contributed by atoms with Gasteiger partial charge in [-0.1, -0.05) is 13.8 Å². The van der Waals surface area contributed by atoms with Crippen LogP contribution >= 0.6 is 0 Å². The van der Waals surface area contributed by atoms with Crippen molar-refractivity contribution in [2.24, 2.45) is 15.3 Å². The maximum absolute atomic E-state index is 13.6. The summed E-state index contributed by atoms with van der Waals surface area (Å²) in [5.74, 6) is 0.176. The minimum absolute atomic E-state index is 0.127. The van der Waals surface area contributed by atoms with Gasteiger partial charge in [0.25, 0.3) is 5.56 Å². The van der Waals surface area contributed by atoms with Gasteiger partial charge in [-0.25, -0.2) is 22.3 Å². The number of rotatable bonds is 7. The van der Waals surface area contributed by atoms with E-state index in [1.807, 2.05) is 18.7 Å². The molecule has 13 heteroatoms. The van der Waals surface area contributed by atoms with Crippen molar-refractivity contribution in [1.29, 1.82) is 0 Å². The normalized spacial score (nSPS) is 19.9. The Bertz CT molecular complexity index is 1480. The van der Waals surface area contributed by atoms with Crippen LogP contribution in [0.5, 0.6) is 5.75 Å². The van der Waals surface area contributed by atoms with Crippen LogP contribution in [0.3, 0.4) is 0 Å². The van der Waals surface area contributed by atoms with Crippen LogP contribution in [0.4, 0.5) is 17.2 Å². The summed E-state index contributed by atoms with van der Waals surface area (Å²) in [5, 5.41) is 15.6. The molecule has 0 saturated carbocycles. The van der Waals surface area contributed by atoms with Gasteiger partial charge in [0.1, 0.15) is 5.56 Å². The fourth-order valence-electron chi connectivity index (χ4n) is 4.06. The first kappa shape index (κ1) is 25.2. The van der Waals surface area contributed by atoms with Crippen molar-refractivity contribution in [3.63, 3.8) is 0 Å². The average molecular weight is 523 g/mol. The van der Waals surface area contributed by atoms with Crippen LogP contribution in [0.25, 0.3) is 0 Å². The third kappa shape index (κ3) is 5.35. The molecule has 1 aromatic carbocycles. The zero-order valence-electron chi connectivity index (χ0n) is 20.2. The molecule has 1 atom stereocenters. The van der Waals surface area contributed by atoms with Gasteiger partial charge in [0.05, 0.1) is 26.6 Å². The summed E-state index contributed by atoms with van der Waals surface area (Å²) in [6, 6.07) is 4.42. The number of hydrogen-bond acceptors (Lipinski definition) is 9. The van der Waals surface area contributed by atoms with Gasteiger partial charge in [0.2, 0.25) is 10.0 Å². The second-order valence-electron chi connectivity index (χ2n) is 9.34. The van der Waals surface area contributed by atoms with E-state index in [9.17, 15) is 22.5 Å². The highest BCUT2D eigenvalue weighted by atomic mass is 32.2. The van der Waals surface area contributed by atoms with E-state index >= 15 is 0 Å². The second kappa shape index (κ2) is 9.26. The van der Waals surface area contributed by atoms with Crippen LogP contribution in [0.2, 0.25) is 0 Å². The largest absolute Gasteiger partial charge is 0.504 e. The molecule has 0 spiro atoms. The monoisotopic (exact) mass is 522 g/mol. The van der Waals surface area contributed by atoms with Gasteiger partial charge >= 0.3 is 0 Å². The molecule has 35 heavy (non-hydrogen) atoms. The topological polar surface area (TPSA) is 146 Å². The molecule has 1 fully saturated rings. The second-order valence-corrected chi connectivity index (χ2v) is 13.3. The predicted octanol–water partition coefficient (Wildman–Crippen LogP) is 2.52. The summed E-state index contributed by atoms with van der Waals surface area (Å²) in [6.45, 7) is 5.86. The van der Waals surface area contributed by atoms with Crippen LogP contribution in [0, 0.1) is 5.92 Å². The Labute approximate surface area is 205 Å². The summed E-state index contributed by atoms with van der Waals surface area (Å²) in [4.78, 5) is 20.0. The summed E-state index contributed by atoms with van der Waals surface area (Å²) >= 11 is 0. The molecule has 4 rings (SSSR count). The number of aromatic hydroxyl groups is 1. The number of amidine groups is 1. The van der Waals surface area contributed by atoms with Crippen molar-refractivity contribution in [3.8, 4) is 5.75 Å². The molecular weight excluding hydrogens is 492 g/mol. The van der Waals surface area contributed by atoms with E-state index in [1.54, 1.807) is 0 Å². The van der Waals surface area contributed by atoms with Crippen molar-refractivity contribution < 1.29 is 17.7 Å². The third-order valence-electron chi connectivity index (χ3n) is 5.82. The zero-order valence-corrected chi connectivity index (χ0v) is 21.8. The third-order valence-corrected chi connectivity index (χ3v) is 8.09. The van der Waals surface area contributed by atoms with Crippen molar-refractivity contribution in [1.82, 2.24) is 9.78 Å². The van der Waals surface area contributed by atoms with Gasteiger partial charge in [-0.2, -0.15) is 4.36 Å². The Kier molecular flexibility index (Phi) is 6.66. The van der Waals surface area contributed by atoms with Crippen molar-refractivity contribution in [3.05, 3.63) is 34.1 Å². The van der Waals surface area contributed by atoms with E-state index in [0.717, 1.165) is 19.1 Å². The van der Waals surface area contributed by atoms with E-state index in [4.69, 9.17) is 0 Å². The Morgan fingerprint density at radius 3 is 2.54 bits per heavy atom. The molecule has 190 valence electrons. The standard InChI is InChI=1S/C22H30N6O5S2/c1-14(2)9-12-28-22(30)18(19(29)21(24-28)27-10-5-6-11-27)20-23-16-8-7-15(25-35(4,32)33)13-17(16)34(3,31)26-20/h7-8,13-14,25,29H,5-6,9-12H2,1-4H3. The first-order valence-electron chi connectivity index (χ1n) is 11.4. The smallest absolute Gasteiger partial charge is 0.281 e. The van der Waals surface area contributed by atoms with E-state index < -0.39 is 25.3 Å². The summed E-state index contributed by atoms with van der Waals surface area (Å²) < 4.78 is 44.7. The fraction of sp³-hybridized carbons (Fsp3) is 0.500. The Balaban J connectivity index is 1.88. The lowest BCUT2D eigenvalue weighted by molar-refractivity contribution is 0.440. The van der Waals surface area contributed by atoms with Crippen molar-refractivity contribution in [2.75, 3.05) is 35.2 Å². The lowest BCUT2D eigenvalue weighted by Crippen LogP contribution is -2.33. The number of aliphatic imine (C=N–C) groups is 1. The minimum atomic E-state index is -3.53. The molecule has 2 N–H and O–H groups in total. The number of nitrogens with zero attached hydrogens (tertiary/aromatic N) is 5. The molecule has 11 nitrogen and oxygen atoms in total. The van der Waals surface area contributed by atoms with Gasteiger partial charge in [-0.05, 0) is 43.4 Å². The van der Waals surface area contributed by atoms with Gasteiger partial charge in [-0.15, -0.1) is 5.10 Å². The highest BCUT2D eigenvalue weighted by Gasteiger charge is 2.29. The molecule has 2 aliphatic rings.